The van der Waals surface area contributed by atoms with Crippen molar-refractivity contribution in [2.75, 3.05) is 6.26 Å². The number of carbonyl (C=O) groups is 1. The van der Waals surface area contributed by atoms with Crippen molar-refractivity contribution in [2.24, 2.45) is 0 Å². The largest absolute Gasteiger partial charge is 0.476 e. The predicted octanol–water partition coefficient (Wildman–Crippen LogP) is 0.897. The molecule has 1 aromatic rings. The summed E-state index contributed by atoms with van der Waals surface area (Å²) in [4.78, 5) is 17.9. The zero-order valence-electron chi connectivity index (χ0n) is 5.81. The molecule has 0 fully saturated rings. The van der Waals surface area contributed by atoms with Crippen molar-refractivity contribution in [3.8, 4) is 0 Å². The van der Waals surface area contributed by atoms with Crippen molar-refractivity contribution in [1.29, 1.82) is 0 Å². The molecule has 1 heterocycles. The number of nitrogens with zero attached hydrogens (tertiary/aromatic N) is 2. The highest BCUT2D eigenvalue weighted by atomic mass is 32.2. The molecule has 0 spiro atoms. The van der Waals surface area contributed by atoms with Gasteiger partial charge in [0.15, 0.2) is 5.69 Å². The summed E-state index contributed by atoms with van der Waals surface area (Å²) in [6.45, 7) is 0. The number of rotatable bonds is 2. The van der Waals surface area contributed by atoms with E-state index in [9.17, 15) is 4.79 Å². The summed E-state index contributed by atoms with van der Waals surface area (Å²) in [7, 11) is 0. The normalized spacial score (nSPS) is 9.55. The molecule has 1 N–H and O–H groups in total. The molecule has 5 heteroatoms. The summed E-state index contributed by atoms with van der Waals surface area (Å²) < 4.78 is 0. The number of aromatic nitrogens is 2. The first-order chi connectivity index (χ1) is 5.24. The lowest BCUT2D eigenvalue weighted by Gasteiger charge is -1.94. The van der Waals surface area contributed by atoms with Gasteiger partial charge in [-0.15, -0.1) is 11.8 Å². The number of hydrogen-bond donors (Lipinski definition) is 1. The van der Waals surface area contributed by atoms with E-state index in [4.69, 9.17) is 5.11 Å². The Kier molecular flexibility index (Phi) is 2.43. The third kappa shape index (κ3) is 1.91. The van der Waals surface area contributed by atoms with Crippen LogP contribution in [-0.4, -0.2) is 27.3 Å². The van der Waals surface area contributed by atoms with Crippen LogP contribution in [0, 0.1) is 0 Å². The Hall–Kier alpha value is -1.10. The molecule has 0 aliphatic heterocycles. The number of thioether (sulfide) groups is 1. The zero-order chi connectivity index (χ0) is 8.27. The first-order valence-corrected chi connectivity index (χ1v) is 4.06. The van der Waals surface area contributed by atoms with Crippen LogP contribution in [0.15, 0.2) is 17.4 Å². The van der Waals surface area contributed by atoms with Crippen LogP contribution in [0.4, 0.5) is 0 Å². The van der Waals surface area contributed by atoms with Gasteiger partial charge in [0, 0.05) is 0 Å². The summed E-state index contributed by atoms with van der Waals surface area (Å²) in [6, 6.07) is 0. The minimum absolute atomic E-state index is 0.0168. The summed E-state index contributed by atoms with van der Waals surface area (Å²) in [5.74, 6) is -1.05. The molecular weight excluding hydrogens is 164 g/mol. The second kappa shape index (κ2) is 3.34. The van der Waals surface area contributed by atoms with Crippen molar-refractivity contribution in [3.05, 3.63) is 18.1 Å². The lowest BCUT2D eigenvalue weighted by atomic mass is 10.5. The van der Waals surface area contributed by atoms with Gasteiger partial charge in [-0.25, -0.2) is 9.78 Å². The summed E-state index contributed by atoms with van der Waals surface area (Å²) in [5, 5.41) is 9.11. The lowest BCUT2D eigenvalue weighted by Crippen LogP contribution is -2.01. The number of carboxylic acid groups (broad SMARTS) is 1. The van der Waals surface area contributed by atoms with E-state index in [0.29, 0.717) is 5.03 Å². The Balaban J connectivity index is 3.01. The molecule has 0 bridgehead atoms. The molecule has 0 radical (unpaired) electrons. The minimum atomic E-state index is -1.05. The lowest BCUT2D eigenvalue weighted by molar-refractivity contribution is 0.0689. The van der Waals surface area contributed by atoms with E-state index in [1.807, 2.05) is 6.26 Å². The van der Waals surface area contributed by atoms with Crippen molar-refractivity contribution in [1.82, 2.24) is 9.97 Å². The molecule has 0 saturated carbocycles. The van der Waals surface area contributed by atoms with Gasteiger partial charge in [0.05, 0.1) is 12.4 Å². The highest BCUT2D eigenvalue weighted by molar-refractivity contribution is 7.98. The molecule has 0 unspecified atom stereocenters. The minimum Gasteiger partial charge on any atom is -0.476 e. The molecule has 1 rings (SSSR count). The molecule has 0 aliphatic carbocycles. The second-order valence-corrected chi connectivity index (χ2v) is 2.58. The number of hydrogen-bond acceptors (Lipinski definition) is 4. The van der Waals surface area contributed by atoms with E-state index >= 15 is 0 Å². The molecule has 0 aromatic carbocycles. The predicted molar refractivity (Wildman–Crippen MR) is 40.8 cm³/mol. The Morgan fingerprint density at radius 1 is 1.64 bits per heavy atom. The summed E-state index contributed by atoms with van der Waals surface area (Å²) >= 11 is 1.36. The Labute approximate surface area is 67.7 Å². The maximum absolute atomic E-state index is 10.4. The maximum atomic E-state index is 10.4. The van der Waals surface area contributed by atoms with Crippen LogP contribution in [0.2, 0.25) is 0 Å². The van der Waals surface area contributed by atoms with E-state index in [-0.39, 0.29) is 5.69 Å². The fourth-order valence-electron chi connectivity index (χ4n) is 0.549. The zero-order valence-corrected chi connectivity index (χ0v) is 6.63. The van der Waals surface area contributed by atoms with Gasteiger partial charge >= 0.3 is 5.97 Å². The molecule has 0 aliphatic rings. The first-order valence-electron chi connectivity index (χ1n) is 2.83. The Morgan fingerprint density at radius 3 is 2.91 bits per heavy atom. The molecular formula is C6H6N2O2S. The second-order valence-electron chi connectivity index (χ2n) is 1.75. The van der Waals surface area contributed by atoms with Crippen LogP contribution in [0.1, 0.15) is 10.5 Å². The fourth-order valence-corrected chi connectivity index (χ4v) is 0.905. The van der Waals surface area contributed by atoms with Crippen LogP contribution in [0.5, 0.6) is 0 Å². The van der Waals surface area contributed by atoms with Crippen LogP contribution in [-0.2, 0) is 0 Å². The van der Waals surface area contributed by atoms with Crippen LogP contribution in [0.3, 0.4) is 0 Å². The van der Waals surface area contributed by atoms with Crippen LogP contribution in [0.25, 0.3) is 0 Å². The van der Waals surface area contributed by atoms with Gasteiger partial charge in [0.2, 0.25) is 0 Å². The Bertz CT molecular complexity index is 277. The first kappa shape index (κ1) is 8.00. The average molecular weight is 170 g/mol. The fraction of sp³-hybridized carbons (Fsp3) is 0.167. The van der Waals surface area contributed by atoms with E-state index in [1.54, 1.807) is 0 Å². The maximum Gasteiger partial charge on any atom is 0.356 e. The van der Waals surface area contributed by atoms with Gasteiger partial charge in [-0.05, 0) is 6.26 Å². The van der Waals surface area contributed by atoms with Gasteiger partial charge in [-0.2, -0.15) is 0 Å². The van der Waals surface area contributed by atoms with Crippen molar-refractivity contribution in [3.63, 3.8) is 0 Å². The molecule has 4 nitrogen and oxygen atoms in total. The monoisotopic (exact) mass is 170 g/mol. The van der Waals surface area contributed by atoms with Gasteiger partial charge in [0.1, 0.15) is 5.03 Å². The SMILES string of the molecule is CSc1cncc(C(=O)O)n1. The number of aromatic carboxylic acids is 1. The van der Waals surface area contributed by atoms with Gasteiger partial charge < -0.3 is 5.11 Å². The topological polar surface area (TPSA) is 63.1 Å². The molecule has 58 valence electrons. The molecule has 0 saturated heterocycles. The summed E-state index contributed by atoms with van der Waals surface area (Å²) in [6.07, 6.45) is 4.56. The van der Waals surface area contributed by atoms with Crippen LogP contribution >= 0.6 is 11.8 Å². The van der Waals surface area contributed by atoms with Gasteiger partial charge in [-0.3, -0.25) is 4.98 Å². The van der Waals surface area contributed by atoms with E-state index < -0.39 is 5.97 Å². The van der Waals surface area contributed by atoms with Crippen molar-refractivity contribution >= 4 is 17.7 Å². The van der Waals surface area contributed by atoms with Crippen LogP contribution < -0.4 is 0 Å². The highest BCUT2D eigenvalue weighted by Gasteiger charge is 2.04. The van der Waals surface area contributed by atoms with Gasteiger partial charge in [-0.1, -0.05) is 0 Å². The van der Waals surface area contributed by atoms with E-state index in [0.717, 1.165) is 0 Å². The molecule has 1 aromatic heterocycles. The Morgan fingerprint density at radius 2 is 2.36 bits per heavy atom. The summed E-state index contributed by atoms with van der Waals surface area (Å²) in [5.41, 5.74) is -0.0168. The smallest absolute Gasteiger partial charge is 0.356 e. The molecule has 11 heavy (non-hydrogen) atoms. The van der Waals surface area contributed by atoms with E-state index in [2.05, 4.69) is 9.97 Å². The molecule has 0 amide bonds. The van der Waals surface area contributed by atoms with E-state index in [1.165, 1.54) is 24.2 Å². The standard InChI is InChI=1S/C6H6N2O2S/c1-11-5-3-7-2-4(8-5)6(9)10/h2-3H,1H3,(H,9,10). The average Bonchev–Trinajstić information content (AvgIpc) is 2.05. The molecule has 0 atom stereocenters. The highest BCUT2D eigenvalue weighted by Crippen LogP contribution is 2.08. The third-order valence-corrected chi connectivity index (χ3v) is 1.66. The number of carboxylic acids is 1. The van der Waals surface area contributed by atoms with Gasteiger partial charge in [0.25, 0.3) is 0 Å². The quantitative estimate of drug-likeness (QED) is 0.668. The van der Waals surface area contributed by atoms with Crippen molar-refractivity contribution in [2.45, 2.75) is 5.03 Å². The third-order valence-electron chi connectivity index (χ3n) is 1.04. The van der Waals surface area contributed by atoms with Crippen molar-refractivity contribution < 1.29 is 9.90 Å².